The lowest BCUT2D eigenvalue weighted by Crippen LogP contribution is -2.10. The fraction of sp³-hybridized carbons (Fsp3) is 0.700. The van der Waals surface area contributed by atoms with Gasteiger partial charge in [-0.3, -0.25) is 14.8 Å². The van der Waals surface area contributed by atoms with Gasteiger partial charge in [-0.1, -0.05) is 0 Å². The molecule has 2 atom stereocenters. The molecule has 1 aromatic heterocycles. The zero-order valence-electron chi connectivity index (χ0n) is 9.57. The van der Waals surface area contributed by atoms with Crippen LogP contribution < -0.4 is 0 Å². The molecule has 1 aliphatic rings. The number of aliphatic hydroxyl groups is 1. The van der Waals surface area contributed by atoms with E-state index in [0.29, 0.717) is 31.6 Å². The second-order valence-electron chi connectivity index (χ2n) is 4.18. The third-order valence-electron chi connectivity index (χ3n) is 3.00. The standard InChI is InChI=1S/C10H15N3O4/c1-12-10(8(6-11-12)13(15)16)9-3-2-7(14)4-5-17-9/h6-7,9,14H,2-5H2,1H3/t7-,9?/m1/s1. The Bertz CT molecular complexity index is 418. The minimum atomic E-state index is -0.451. The van der Waals surface area contributed by atoms with Crippen molar-refractivity contribution in [3.05, 3.63) is 22.0 Å². The van der Waals surface area contributed by atoms with Crippen LogP contribution in [0.1, 0.15) is 31.1 Å². The van der Waals surface area contributed by atoms with Crippen molar-refractivity contribution in [1.29, 1.82) is 0 Å². The minimum absolute atomic E-state index is 0.0195. The number of hydrogen-bond donors (Lipinski definition) is 1. The van der Waals surface area contributed by atoms with Crippen molar-refractivity contribution in [1.82, 2.24) is 9.78 Å². The molecule has 1 N–H and O–H groups in total. The first-order chi connectivity index (χ1) is 8.09. The zero-order valence-corrected chi connectivity index (χ0v) is 9.57. The highest BCUT2D eigenvalue weighted by molar-refractivity contribution is 5.34. The monoisotopic (exact) mass is 241 g/mol. The highest BCUT2D eigenvalue weighted by atomic mass is 16.6. The van der Waals surface area contributed by atoms with Gasteiger partial charge in [0.15, 0.2) is 0 Å². The van der Waals surface area contributed by atoms with Crippen molar-refractivity contribution in [2.75, 3.05) is 6.61 Å². The Morgan fingerprint density at radius 3 is 3.06 bits per heavy atom. The van der Waals surface area contributed by atoms with Crippen molar-refractivity contribution in [2.45, 2.75) is 31.5 Å². The maximum Gasteiger partial charge on any atom is 0.312 e. The number of hydrogen-bond acceptors (Lipinski definition) is 5. The van der Waals surface area contributed by atoms with Gasteiger partial charge in [0.2, 0.25) is 0 Å². The van der Waals surface area contributed by atoms with Crippen LogP contribution in [0, 0.1) is 10.1 Å². The number of rotatable bonds is 2. The van der Waals surface area contributed by atoms with E-state index in [2.05, 4.69) is 5.10 Å². The Hall–Kier alpha value is -1.47. The summed E-state index contributed by atoms with van der Waals surface area (Å²) in [6.45, 7) is 0.411. The normalized spacial score (nSPS) is 25.5. The molecule has 2 heterocycles. The van der Waals surface area contributed by atoms with Crippen molar-refractivity contribution >= 4 is 5.69 Å². The van der Waals surface area contributed by atoms with Crippen LogP contribution >= 0.6 is 0 Å². The minimum Gasteiger partial charge on any atom is -0.393 e. The molecule has 0 aromatic carbocycles. The molecular weight excluding hydrogens is 226 g/mol. The SMILES string of the molecule is Cn1ncc([N+](=O)[O-])c1C1CC[C@@H](O)CCO1. The first-order valence-corrected chi connectivity index (χ1v) is 5.55. The quantitative estimate of drug-likeness (QED) is 0.614. The van der Waals surface area contributed by atoms with Crippen LogP contribution in [0.2, 0.25) is 0 Å². The first kappa shape index (κ1) is 12.0. The number of nitrogens with zero attached hydrogens (tertiary/aromatic N) is 3. The summed E-state index contributed by atoms with van der Waals surface area (Å²) >= 11 is 0. The molecule has 1 aliphatic heterocycles. The third-order valence-corrected chi connectivity index (χ3v) is 3.00. The Labute approximate surface area is 98.1 Å². The molecule has 7 heteroatoms. The van der Waals surface area contributed by atoms with Gasteiger partial charge < -0.3 is 9.84 Å². The van der Waals surface area contributed by atoms with Gasteiger partial charge >= 0.3 is 5.69 Å². The highest BCUT2D eigenvalue weighted by Gasteiger charge is 2.29. The van der Waals surface area contributed by atoms with Crippen LogP contribution in [-0.4, -0.2) is 32.5 Å². The van der Waals surface area contributed by atoms with Crippen LogP contribution in [0.15, 0.2) is 6.20 Å². The number of ether oxygens (including phenoxy) is 1. The third kappa shape index (κ3) is 2.45. The molecule has 94 valence electrons. The van der Waals surface area contributed by atoms with Crippen LogP contribution in [0.4, 0.5) is 5.69 Å². The molecule has 7 nitrogen and oxygen atoms in total. The average Bonchev–Trinajstić information content (AvgIpc) is 2.52. The molecule has 1 saturated heterocycles. The maximum atomic E-state index is 10.9. The topological polar surface area (TPSA) is 90.4 Å². The van der Waals surface area contributed by atoms with E-state index in [4.69, 9.17) is 4.74 Å². The molecule has 1 aromatic rings. The maximum absolute atomic E-state index is 10.9. The Kier molecular flexibility index (Phi) is 3.39. The van der Waals surface area contributed by atoms with Gasteiger partial charge in [0, 0.05) is 13.7 Å². The van der Waals surface area contributed by atoms with Crippen LogP contribution in [0.5, 0.6) is 0 Å². The summed E-state index contributed by atoms with van der Waals surface area (Å²) in [4.78, 5) is 10.4. The number of aryl methyl sites for hydroxylation is 1. The molecule has 0 spiro atoms. The van der Waals surface area contributed by atoms with Crippen LogP contribution in [-0.2, 0) is 11.8 Å². The lowest BCUT2D eigenvalue weighted by Gasteiger charge is -2.14. The molecule has 2 rings (SSSR count). The summed E-state index contributed by atoms with van der Waals surface area (Å²) in [6, 6.07) is 0. The lowest BCUT2D eigenvalue weighted by atomic mass is 10.1. The van der Waals surface area contributed by atoms with Crippen LogP contribution in [0.3, 0.4) is 0 Å². The zero-order chi connectivity index (χ0) is 12.4. The molecular formula is C10H15N3O4. The fourth-order valence-corrected chi connectivity index (χ4v) is 2.08. The number of nitro groups is 1. The molecule has 1 unspecified atom stereocenters. The fourth-order valence-electron chi connectivity index (χ4n) is 2.08. The second kappa shape index (κ2) is 4.80. The van der Waals surface area contributed by atoms with Crippen molar-refractivity contribution < 1.29 is 14.8 Å². The van der Waals surface area contributed by atoms with Gasteiger partial charge in [0.05, 0.1) is 11.0 Å². The van der Waals surface area contributed by atoms with Gasteiger partial charge in [-0.25, -0.2) is 0 Å². The van der Waals surface area contributed by atoms with E-state index in [-0.39, 0.29) is 17.9 Å². The molecule has 1 fully saturated rings. The molecule has 0 saturated carbocycles. The summed E-state index contributed by atoms with van der Waals surface area (Å²) in [6.07, 6.45) is 2.23. The van der Waals surface area contributed by atoms with E-state index in [9.17, 15) is 15.2 Å². The number of aromatic nitrogens is 2. The molecule has 17 heavy (non-hydrogen) atoms. The van der Waals surface area contributed by atoms with Crippen molar-refractivity contribution in [3.63, 3.8) is 0 Å². The van der Waals surface area contributed by atoms with Crippen molar-refractivity contribution in [3.8, 4) is 0 Å². The van der Waals surface area contributed by atoms with Gasteiger partial charge in [-0.15, -0.1) is 0 Å². The first-order valence-electron chi connectivity index (χ1n) is 5.55. The summed E-state index contributed by atoms with van der Waals surface area (Å²) in [5, 5.41) is 24.3. The molecule has 0 aliphatic carbocycles. The Morgan fingerprint density at radius 1 is 1.59 bits per heavy atom. The van der Waals surface area contributed by atoms with Gasteiger partial charge in [-0.2, -0.15) is 5.10 Å². The van der Waals surface area contributed by atoms with E-state index < -0.39 is 4.92 Å². The number of aliphatic hydroxyl groups excluding tert-OH is 1. The summed E-state index contributed by atoms with van der Waals surface area (Å²) < 4.78 is 7.04. The predicted octanol–water partition coefficient (Wildman–Crippen LogP) is 0.931. The van der Waals surface area contributed by atoms with Gasteiger partial charge in [0.1, 0.15) is 18.0 Å². The Balaban J connectivity index is 2.26. The van der Waals surface area contributed by atoms with E-state index >= 15 is 0 Å². The van der Waals surface area contributed by atoms with E-state index in [1.54, 1.807) is 7.05 Å². The largest absolute Gasteiger partial charge is 0.393 e. The van der Waals surface area contributed by atoms with Crippen molar-refractivity contribution in [2.24, 2.45) is 7.05 Å². The Morgan fingerprint density at radius 2 is 2.35 bits per heavy atom. The van der Waals surface area contributed by atoms with Gasteiger partial charge in [-0.05, 0) is 19.3 Å². The summed E-state index contributed by atoms with van der Waals surface area (Å²) in [5.74, 6) is 0. The lowest BCUT2D eigenvalue weighted by molar-refractivity contribution is -0.386. The summed E-state index contributed by atoms with van der Waals surface area (Å²) in [7, 11) is 1.66. The van der Waals surface area contributed by atoms with E-state index in [0.717, 1.165) is 0 Å². The highest BCUT2D eigenvalue weighted by Crippen LogP contribution is 2.32. The second-order valence-corrected chi connectivity index (χ2v) is 4.18. The molecule has 0 amide bonds. The van der Waals surface area contributed by atoms with E-state index in [1.807, 2.05) is 0 Å². The predicted molar refractivity (Wildman–Crippen MR) is 58.4 cm³/mol. The average molecular weight is 241 g/mol. The molecule has 0 radical (unpaired) electrons. The van der Waals surface area contributed by atoms with Crippen LogP contribution in [0.25, 0.3) is 0 Å². The summed E-state index contributed by atoms with van der Waals surface area (Å²) in [5.41, 5.74) is 0.456. The van der Waals surface area contributed by atoms with Gasteiger partial charge in [0.25, 0.3) is 0 Å². The smallest absolute Gasteiger partial charge is 0.312 e. The van der Waals surface area contributed by atoms with E-state index in [1.165, 1.54) is 10.9 Å². The molecule has 0 bridgehead atoms.